The minimum atomic E-state index is -0.517. The second kappa shape index (κ2) is 4.67. The maximum absolute atomic E-state index is 6.07. The van der Waals surface area contributed by atoms with Gasteiger partial charge >= 0.3 is 0 Å². The quantitative estimate of drug-likeness (QED) is 0.737. The SMILES string of the molecule is CC1(C)O[C@H](c2ccccc2)C[C@H](C(C)(C)C)O1. The van der Waals surface area contributed by atoms with Gasteiger partial charge in [0.1, 0.15) is 0 Å². The van der Waals surface area contributed by atoms with Crippen LogP contribution >= 0.6 is 0 Å². The highest BCUT2D eigenvalue weighted by atomic mass is 16.7. The van der Waals surface area contributed by atoms with E-state index in [1.54, 1.807) is 0 Å². The summed E-state index contributed by atoms with van der Waals surface area (Å²) in [7, 11) is 0. The fourth-order valence-electron chi connectivity index (χ4n) is 2.41. The first kappa shape index (κ1) is 13.6. The van der Waals surface area contributed by atoms with Gasteiger partial charge in [-0.15, -0.1) is 0 Å². The fourth-order valence-corrected chi connectivity index (χ4v) is 2.41. The van der Waals surface area contributed by atoms with Crippen LogP contribution in [0, 0.1) is 5.41 Å². The molecule has 2 rings (SSSR count). The Morgan fingerprint density at radius 2 is 1.67 bits per heavy atom. The van der Waals surface area contributed by atoms with E-state index in [2.05, 4.69) is 45.0 Å². The summed E-state index contributed by atoms with van der Waals surface area (Å²) in [5.74, 6) is -0.517. The maximum atomic E-state index is 6.07. The van der Waals surface area contributed by atoms with E-state index in [1.807, 2.05) is 19.9 Å². The fraction of sp³-hybridized carbons (Fsp3) is 0.625. The van der Waals surface area contributed by atoms with Crippen molar-refractivity contribution in [2.24, 2.45) is 5.41 Å². The van der Waals surface area contributed by atoms with Crippen LogP contribution in [0.2, 0.25) is 0 Å². The Bertz CT molecular complexity index is 389. The van der Waals surface area contributed by atoms with Crippen LogP contribution in [0.3, 0.4) is 0 Å². The van der Waals surface area contributed by atoms with Crippen molar-refractivity contribution in [1.29, 1.82) is 0 Å². The van der Waals surface area contributed by atoms with Gasteiger partial charge in [0.05, 0.1) is 12.2 Å². The van der Waals surface area contributed by atoms with Crippen LogP contribution in [-0.2, 0) is 9.47 Å². The average molecular weight is 248 g/mol. The zero-order valence-corrected chi connectivity index (χ0v) is 12.1. The van der Waals surface area contributed by atoms with E-state index in [4.69, 9.17) is 9.47 Å². The van der Waals surface area contributed by atoms with Gasteiger partial charge in [-0.25, -0.2) is 0 Å². The smallest absolute Gasteiger partial charge is 0.163 e. The Morgan fingerprint density at radius 3 is 2.22 bits per heavy atom. The molecule has 0 bridgehead atoms. The van der Waals surface area contributed by atoms with Gasteiger partial charge in [0, 0.05) is 6.42 Å². The molecule has 1 aliphatic heterocycles. The number of hydrogen-bond donors (Lipinski definition) is 0. The maximum Gasteiger partial charge on any atom is 0.163 e. The minimum Gasteiger partial charge on any atom is -0.347 e. The molecule has 0 unspecified atom stereocenters. The third-order valence-electron chi connectivity index (χ3n) is 3.42. The van der Waals surface area contributed by atoms with Crippen molar-refractivity contribution in [3.63, 3.8) is 0 Å². The van der Waals surface area contributed by atoms with Gasteiger partial charge in [0.15, 0.2) is 5.79 Å². The Hall–Kier alpha value is -0.860. The predicted octanol–water partition coefficient (Wildman–Crippen LogP) is 4.32. The molecule has 1 aromatic rings. The second-order valence-corrected chi connectivity index (χ2v) is 6.63. The van der Waals surface area contributed by atoms with E-state index in [0.29, 0.717) is 0 Å². The van der Waals surface area contributed by atoms with Crippen molar-refractivity contribution in [2.75, 3.05) is 0 Å². The van der Waals surface area contributed by atoms with Gasteiger partial charge in [-0.05, 0) is 24.8 Å². The Balaban J connectivity index is 2.22. The lowest BCUT2D eigenvalue weighted by atomic mass is 9.83. The minimum absolute atomic E-state index is 0.124. The molecule has 0 N–H and O–H groups in total. The highest BCUT2D eigenvalue weighted by molar-refractivity contribution is 5.18. The Morgan fingerprint density at radius 1 is 1.06 bits per heavy atom. The molecule has 0 aliphatic carbocycles. The number of benzene rings is 1. The lowest BCUT2D eigenvalue weighted by molar-refractivity contribution is -0.317. The van der Waals surface area contributed by atoms with Crippen LogP contribution < -0.4 is 0 Å². The predicted molar refractivity (Wildman–Crippen MR) is 73.3 cm³/mol. The molecule has 18 heavy (non-hydrogen) atoms. The molecule has 0 spiro atoms. The van der Waals surface area contributed by atoms with Gasteiger partial charge < -0.3 is 9.47 Å². The molecule has 0 saturated carbocycles. The molecule has 100 valence electrons. The summed E-state index contributed by atoms with van der Waals surface area (Å²) in [6.45, 7) is 10.7. The third kappa shape index (κ3) is 3.12. The van der Waals surface area contributed by atoms with Gasteiger partial charge in [-0.2, -0.15) is 0 Å². The number of hydrogen-bond acceptors (Lipinski definition) is 2. The van der Waals surface area contributed by atoms with Crippen LogP contribution in [0.4, 0.5) is 0 Å². The van der Waals surface area contributed by atoms with Crippen LogP contribution in [0.5, 0.6) is 0 Å². The molecule has 0 aromatic heterocycles. The van der Waals surface area contributed by atoms with Crippen LogP contribution in [0.25, 0.3) is 0 Å². The summed E-state index contributed by atoms with van der Waals surface area (Å²) in [6, 6.07) is 10.4. The van der Waals surface area contributed by atoms with Gasteiger partial charge in [-0.3, -0.25) is 0 Å². The molecule has 1 heterocycles. The number of rotatable bonds is 1. The molecule has 1 aromatic carbocycles. The first-order chi connectivity index (χ1) is 8.28. The molecule has 2 atom stereocenters. The lowest BCUT2D eigenvalue weighted by Gasteiger charge is -2.45. The molecule has 0 radical (unpaired) electrons. The first-order valence-electron chi connectivity index (χ1n) is 6.68. The van der Waals surface area contributed by atoms with Crippen molar-refractivity contribution in [2.45, 2.75) is 59.0 Å². The molecular formula is C16H24O2. The highest BCUT2D eigenvalue weighted by Gasteiger charge is 2.40. The zero-order valence-electron chi connectivity index (χ0n) is 12.1. The van der Waals surface area contributed by atoms with Crippen LogP contribution in [0.15, 0.2) is 30.3 Å². The Kier molecular flexibility index (Phi) is 3.52. The van der Waals surface area contributed by atoms with E-state index in [-0.39, 0.29) is 17.6 Å². The molecule has 1 saturated heterocycles. The van der Waals surface area contributed by atoms with Crippen LogP contribution in [-0.4, -0.2) is 11.9 Å². The number of ether oxygens (including phenoxy) is 2. The van der Waals surface area contributed by atoms with E-state index in [9.17, 15) is 0 Å². The highest BCUT2D eigenvalue weighted by Crippen LogP contribution is 2.41. The monoisotopic (exact) mass is 248 g/mol. The van der Waals surface area contributed by atoms with Crippen molar-refractivity contribution < 1.29 is 9.47 Å². The second-order valence-electron chi connectivity index (χ2n) is 6.63. The van der Waals surface area contributed by atoms with E-state index in [0.717, 1.165) is 6.42 Å². The Labute approximate surface area is 110 Å². The van der Waals surface area contributed by atoms with Crippen molar-refractivity contribution in [3.8, 4) is 0 Å². The third-order valence-corrected chi connectivity index (χ3v) is 3.42. The molecule has 1 fully saturated rings. The lowest BCUT2D eigenvalue weighted by Crippen LogP contribution is -2.46. The molecular weight excluding hydrogens is 224 g/mol. The first-order valence-corrected chi connectivity index (χ1v) is 6.68. The van der Waals surface area contributed by atoms with E-state index in [1.165, 1.54) is 5.56 Å². The van der Waals surface area contributed by atoms with Crippen molar-refractivity contribution in [1.82, 2.24) is 0 Å². The molecule has 2 heteroatoms. The van der Waals surface area contributed by atoms with E-state index >= 15 is 0 Å². The molecule has 0 amide bonds. The normalized spacial score (nSPS) is 28.1. The summed E-state index contributed by atoms with van der Waals surface area (Å²) in [5, 5.41) is 0. The van der Waals surface area contributed by atoms with Gasteiger partial charge in [0.2, 0.25) is 0 Å². The summed E-state index contributed by atoms with van der Waals surface area (Å²) >= 11 is 0. The largest absolute Gasteiger partial charge is 0.347 e. The molecule has 2 nitrogen and oxygen atoms in total. The average Bonchev–Trinajstić information content (AvgIpc) is 2.27. The van der Waals surface area contributed by atoms with Crippen molar-refractivity contribution in [3.05, 3.63) is 35.9 Å². The topological polar surface area (TPSA) is 18.5 Å². The summed E-state index contributed by atoms with van der Waals surface area (Å²) in [4.78, 5) is 0. The summed E-state index contributed by atoms with van der Waals surface area (Å²) in [6.07, 6.45) is 1.25. The summed E-state index contributed by atoms with van der Waals surface area (Å²) < 4.78 is 12.1. The van der Waals surface area contributed by atoms with E-state index < -0.39 is 5.79 Å². The molecule has 1 aliphatic rings. The van der Waals surface area contributed by atoms with Gasteiger partial charge in [0.25, 0.3) is 0 Å². The van der Waals surface area contributed by atoms with Crippen molar-refractivity contribution >= 4 is 0 Å². The van der Waals surface area contributed by atoms with Gasteiger partial charge in [-0.1, -0.05) is 51.1 Å². The van der Waals surface area contributed by atoms with Crippen LogP contribution in [0.1, 0.15) is 52.7 Å². The zero-order chi connectivity index (χ0) is 13.4. The standard InChI is InChI=1S/C16H24O2/c1-15(2,3)14-11-13(17-16(4,5)18-14)12-9-7-6-8-10-12/h6-10,13-14H,11H2,1-5H3/t13-,14+/m0/s1. The summed E-state index contributed by atoms with van der Waals surface area (Å²) in [5.41, 5.74) is 1.37.